The first-order chi connectivity index (χ1) is 14.3. The molecule has 1 aromatic heterocycles. The molecule has 0 spiro atoms. The van der Waals surface area contributed by atoms with Gasteiger partial charge in [-0.2, -0.15) is 5.26 Å². The number of nitriles is 1. The maximum atomic E-state index is 11.6. The summed E-state index contributed by atoms with van der Waals surface area (Å²) in [4.78, 5) is 33.3. The van der Waals surface area contributed by atoms with Crippen LogP contribution < -0.4 is 10.6 Å². The van der Waals surface area contributed by atoms with Gasteiger partial charge in [0.1, 0.15) is 11.6 Å². The largest absolute Gasteiger partial charge is 0.354 e. The van der Waals surface area contributed by atoms with Gasteiger partial charge in [0.25, 0.3) is 0 Å². The van der Waals surface area contributed by atoms with Crippen molar-refractivity contribution >= 4 is 35.1 Å². The molecule has 1 fully saturated rings. The molecule has 1 aromatic rings. The van der Waals surface area contributed by atoms with Gasteiger partial charge in [0.15, 0.2) is 0 Å². The van der Waals surface area contributed by atoms with Gasteiger partial charge in [0.2, 0.25) is 17.8 Å². The molecule has 0 aliphatic carbocycles. The van der Waals surface area contributed by atoms with E-state index >= 15 is 0 Å². The van der Waals surface area contributed by atoms with Gasteiger partial charge < -0.3 is 10.6 Å². The Balaban J connectivity index is 1.55. The summed E-state index contributed by atoms with van der Waals surface area (Å²) in [5, 5.41) is 19.0. The van der Waals surface area contributed by atoms with Crippen molar-refractivity contribution in [2.45, 2.75) is 46.5 Å². The molecule has 0 radical (unpaired) electrons. The zero-order chi connectivity index (χ0) is 21.7. The monoisotopic (exact) mass is 426 g/mol. The number of aromatic nitrogens is 2. The molecule has 0 aromatic carbocycles. The van der Waals surface area contributed by atoms with E-state index in [4.69, 9.17) is 0 Å². The second-order valence-electron chi connectivity index (χ2n) is 8.18. The first kappa shape index (κ1) is 21.8. The number of nitrogens with zero attached hydrogens (tertiary/aromatic N) is 4. The van der Waals surface area contributed by atoms with E-state index in [9.17, 15) is 14.9 Å². The predicted molar refractivity (Wildman–Crippen MR) is 117 cm³/mol. The quantitative estimate of drug-likeness (QED) is 0.388. The van der Waals surface area contributed by atoms with Crippen molar-refractivity contribution in [1.82, 2.24) is 20.2 Å². The van der Waals surface area contributed by atoms with Gasteiger partial charge in [-0.25, -0.2) is 9.97 Å². The molecule has 2 aliphatic heterocycles. The number of anilines is 1. The van der Waals surface area contributed by atoms with E-state index in [1.807, 2.05) is 5.41 Å². The third-order valence-corrected chi connectivity index (χ3v) is 5.74. The van der Waals surface area contributed by atoms with Gasteiger partial charge in [-0.1, -0.05) is 32.5 Å². The molecule has 158 valence electrons. The number of rotatable bonds is 7. The lowest BCUT2D eigenvalue weighted by atomic mass is 9.93. The van der Waals surface area contributed by atoms with Crippen molar-refractivity contribution in [3.8, 4) is 6.07 Å². The highest BCUT2D eigenvalue weighted by Crippen LogP contribution is 2.37. The number of nitrogens with one attached hydrogen (secondary N) is 2. The highest BCUT2D eigenvalue weighted by molar-refractivity contribution is 8.06. The van der Waals surface area contributed by atoms with Gasteiger partial charge >= 0.3 is 0 Å². The topological polar surface area (TPSA) is 111 Å². The zero-order valence-corrected chi connectivity index (χ0v) is 18.3. The smallest absolute Gasteiger partial charge is 0.229 e. The number of likely N-dealkylation sites (tertiary alicyclic amines) is 1. The second kappa shape index (κ2) is 9.30. The van der Waals surface area contributed by atoms with E-state index in [0.29, 0.717) is 43.1 Å². The Morgan fingerprint density at radius 3 is 2.67 bits per heavy atom. The van der Waals surface area contributed by atoms with E-state index < -0.39 is 0 Å². The van der Waals surface area contributed by atoms with Crippen LogP contribution in [0.1, 0.15) is 52.1 Å². The summed E-state index contributed by atoms with van der Waals surface area (Å²) < 4.78 is 0. The summed E-state index contributed by atoms with van der Waals surface area (Å²) in [6, 6.07) is 3.97. The molecule has 0 unspecified atom stereocenters. The molecule has 2 amide bonds. The lowest BCUT2D eigenvalue weighted by Gasteiger charge is -2.20. The SMILES string of the molecule is CC(C)(C)C1=CS/C(=C(\C#N)c2ccnc(NCCCCN3C(=O)CCC3=O)n2)N1. The lowest BCUT2D eigenvalue weighted by molar-refractivity contribution is -0.138. The highest BCUT2D eigenvalue weighted by atomic mass is 32.2. The van der Waals surface area contributed by atoms with Crippen LogP contribution in [0, 0.1) is 16.7 Å². The minimum Gasteiger partial charge on any atom is -0.354 e. The van der Waals surface area contributed by atoms with Crippen molar-refractivity contribution in [2.75, 3.05) is 18.4 Å². The first-order valence-electron chi connectivity index (χ1n) is 9.99. The standard InChI is InChI=1S/C21H26N6O2S/c1-21(2,3)16-13-30-19(26-16)14(12-22)15-8-10-24-20(25-15)23-9-4-5-11-27-17(28)6-7-18(27)29/h8,10,13,26H,4-7,9,11H2,1-3H3,(H,23,24,25)/b19-14+. The molecule has 8 nitrogen and oxygen atoms in total. The second-order valence-corrected chi connectivity index (χ2v) is 9.06. The number of amides is 2. The van der Waals surface area contributed by atoms with Crippen LogP contribution in [-0.4, -0.2) is 39.8 Å². The highest BCUT2D eigenvalue weighted by Gasteiger charge is 2.28. The van der Waals surface area contributed by atoms with Crippen LogP contribution in [0.5, 0.6) is 0 Å². The van der Waals surface area contributed by atoms with Crippen LogP contribution in [0.25, 0.3) is 5.57 Å². The average molecular weight is 427 g/mol. The number of hydrogen-bond donors (Lipinski definition) is 2. The average Bonchev–Trinajstić information content (AvgIpc) is 3.31. The molecule has 2 aliphatic rings. The lowest BCUT2D eigenvalue weighted by Crippen LogP contribution is -2.30. The van der Waals surface area contributed by atoms with Gasteiger partial charge in [0, 0.05) is 43.2 Å². The Morgan fingerprint density at radius 1 is 1.30 bits per heavy atom. The minimum absolute atomic E-state index is 0.0298. The molecule has 9 heteroatoms. The van der Waals surface area contributed by atoms with Crippen LogP contribution in [0.3, 0.4) is 0 Å². The van der Waals surface area contributed by atoms with E-state index in [1.165, 1.54) is 16.7 Å². The Kier molecular flexibility index (Phi) is 6.77. The van der Waals surface area contributed by atoms with Gasteiger partial charge in [0.05, 0.1) is 10.7 Å². The van der Waals surface area contributed by atoms with Crippen LogP contribution in [0.2, 0.25) is 0 Å². The molecule has 0 atom stereocenters. The van der Waals surface area contributed by atoms with Gasteiger partial charge in [-0.3, -0.25) is 14.5 Å². The number of allylic oxidation sites excluding steroid dienone is 2. The molecule has 0 saturated carbocycles. The summed E-state index contributed by atoms with van der Waals surface area (Å²) in [5.74, 6) is 0.285. The summed E-state index contributed by atoms with van der Waals surface area (Å²) in [7, 11) is 0. The third kappa shape index (κ3) is 5.19. The van der Waals surface area contributed by atoms with Crippen molar-refractivity contribution in [3.05, 3.63) is 34.1 Å². The fraction of sp³-hybridized carbons (Fsp3) is 0.476. The molecule has 30 heavy (non-hydrogen) atoms. The third-order valence-electron chi connectivity index (χ3n) is 4.85. The van der Waals surface area contributed by atoms with Crippen LogP contribution in [-0.2, 0) is 9.59 Å². The fourth-order valence-corrected chi connectivity index (χ4v) is 4.14. The maximum absolute atomic E-state index is 11.6. The number of unbranched alkanes of at least 4 members (excludes halogenated alkanes) is 1. The summed E-state index contributed by atoms with van der Waals surface area (Å²) >= 11 is 1.49. The number of thioether (sulfide) groups is 1. The number of carbonyl (C=O) groups excluding carboxylic acids is 2. The van der Waals surface area contributed by atoms with Crippen LogP contribution >= 0.6 is 11.8 Å². The predicted octanol–water partition coefficient (Wildman–Crippen LogP) is 3.23. The van der Waals surface area contributed by atoms with E-state index in [-0.39, 0.29) is 17.2 Å². The molecule has 3 rings (SSSR count). The van der Waals surface area contributed by atoms with Crippen molar-refractivity contribution in [3.63, 3.8) is 0 Å². The van der Waals surface area contributed by atoms with Crippen molar-refractivity contribution < 1.29 is 9.59 Å². The van der Waals surface area contributed by atoms with E-state index in [1.54, 1.807) is 12.3 Å². The summed E-state index contributed by atoms with van der Waals surface area (Å²) in [6.07, 6.45) is 3.77. The number of hydrogen-bond acceptors (Lipinski definition) is 8. The Bertz CT molecular complexity index is 926. The number of carbonyl (C=O) groups is 2. The molecule has 3 heterocycles. The van der Waals surface area contributed by atoms with Gasteiger partial charge in [-0.05, 0) is 24.3 Å². The summed E-state index contributed by atoms with van der Waals surface area (Å²) in [6.45, 7) is 7.41. The van der Waals surface area contributed by atoms with Crippen LogP contribution in [0.15, 0.2) is 28.4 Å². The van der Waals surface area contributed by atoms with Crippen LogP contribution in [0.4, 0.5) is 5.95 Å². The van der Waals surface area contributed by atoms with E-state index in [0.717, 1.165) is 23.6 Å². The van der Waals surface area contributed by atoms with E-state index in [2.05, 4.69) is 47.4 Å². The van der Waals surface area contributed by atoms with Crippen molar-refractivity contribution in [1.29, 1.82) is 5.26 Å². The minimum atomic E-state index is -0.0800. The van der Waals surface area contributed by atoms with Gasteiger partial charge in [-0.15, -0.1) is 0 Å². The first-order valence-corrected chi connectivity index (χ1v) is 10.9. The normalized spacial score (nSPS) is 18.2. The molecule has 2 N–H and O–H groups in total. The molecule has 1 saturated heterocycles. The fourth-order valence-electron chi connectivity index (χ4n) is 3.06. The van der Waals surface area contributed by atoms with Crippen molar-refractivity contribution in [2.24, 2.45) is 5.41 Å². The Hall–Kier alpha value is -2.86. The molecule has 0 bridgehead atoms. The maximum Gasteiger partial charge on any atom is 0.229 e. The molecular weight excluding hydrogens is 400 g/mol. The Labute approximate surface area is 180 Å². The molecular formula is C21H26N6O2S. The zero-order valence-electron chi connectivity index (χ0n) is 17.5. The Morgan fingerprint density at radius 2 is 2.03 bits per heavy atom. The number of imide groups is 1. The summed E-state index contributed by atoms with van der Waals surface area (Å²) in [5.41, 5.74) is 2.07.